The predicted molar refractivity (Wildman–Crippen MR) is 78.5 cm³/mol. The van der Waals surface area contributed by atoms with E-state index in [-0.39, 0.29) is 0 Å². The summed E-state index contributed by atoms with van der Waals surface area (Å²) in [7, 11) is 1.91. The normalized spacial score (nSPS) is 20.4. The van der Waals surface area contributed by atoms with Crippen molar-refractivity contribution < 1.29 is 0 Å². The number of nitrogens with zero attached hydrogens (tertiary/aromatic N) is 2. The number of hydrogen-bond donors (Lipinski definition) is 2. The number of rotatable bonds is 6. The average molecular weight is 260 g/mol. The zero-order chi connectivity index (χ0) is 13.5. The molecule has 1 aromatic rings. The van der Waals surface area contributed by atoms with E-state index in [9.17, 15) is 0 Å². The molecule has 0 spiro atoms. The summed E-state index contributed by atoms with van der Waals surface area (Å²) in [6.07, 6.45) is 5.66. The minimum Gasteiger partial charge on any atom is -0.373 e. The molecule has 2 N–H and O–H groups in total. The summed E-state index contributed by atoms with van der Waals surface area (Å²) in [6, 6.07) is 2.01. The van der Waals surface area contributed by atoms with E-state index in [0.717, 1.165) is 29.9 Å². The number of anilines is 2. The Balaban J connectivity index is 1.70. The highest BCUT2D eigenvalue weighted by molar-refractivity contribution is 5.47. The molecule has 2 aliphatic rings. The zero-order valence-electron chi connectivity index (χ0n) is 12.2. The Morgan fingerprint density at radius 2 is 1.95 bits per heavy atom. The molecule has 0 aromatic carbocycles. The number of hydrogen-bond acceptors (Lipinski definition) is 4. The van der Waals surface area contributed by atoms with Gasteiger partial charge < -0.3 is 10.6 Å². The third-order valence-corrected chi connectivity index (χ3v) is 4.47. The van der Waals surface area contributed by atoms with Gasteiger partial charge in [0.25, 0.3) is 0 Å². The molecule has 0 atom stereocenters. The molecule has 4 heteroatoms. The molecule has 0 radical (unpaired) electrons. The van der Waals surface area contributed by atoms with Crippen molar-refractivity contribution in [2.45, 2.75) is 45.4 Å². The molecule has 2 fully saturated rings. The molecule has 4 nitrogen and oxygen atoms in total. The summed E-state index contributed by atoms with van der Waals surface area (Å²) in [5.74, 6) is 4.11. The third-order valence-electron chi connectivity index (χ3n) is 4.47. The SMILES string of the molecule is CNc1cc(NCC2(C3CC3)CC2)nc(C(C)C)n1. The molecule has 19 heavy (non-hydrogen) atoms. The molecule has 0 amide bonds. The van der Waals surface area contributed by atoms with Gasteiger partial charge in [-0.3, -0.25) is 0 Å². The highest BCUT2D eigenvalue weighted by atomic mass is 15.1. The topological polar surface area (TPSA) is 49.8 Å². The van der Waals surface area contributed by atoms with Crippen LogP contribution in [-0.4, -0.2) is 23.6 Å². The van der Waals surface area contributed by atoms with Gasteiger partial charge in [-0.05, 0) is 37.0 Å². The van der Waals surface area contributed by atoms with Crippen LogP contribution >= 0.6 is 0 Å². The van der Waals surface area contributed by atoms with Crippen molar-refractivity contribution in [2.24, 2.45) is 11.3 Å². The quantitative estimate of drug-likeness (QED) is 0.824. The molecule has 1 aromatic heterocycles. The maximum atomic E-state index is 4.63. The van der Waals surface area contributed by atoms with E-state index in [1.54, 1.807) is 0 Å². The largest absolute Gasteiger partial charge is 0.373 e. The van der Waals surface area contributed by atoms with Crippen molar-refractivity contribution in [3.63, 3.8) is 0 Å². The molecule has 0 aliphatic heterocycles. The third kappa shape index (κ3) is 2.67. The van der Waals surface area contributed by atoms with Crippen LogP contribution in [0.5, 0.6) is 0 Å². The molecular weight excluding hydrogens is 236 g/mol. The van der Waals surface area contributed by atoms with Crippen LogP contribution < -0.4 is 10.6 Å². The zero-order valence-corrected chi connectivity index (χ0v) is 12.2. The van der Waals surface area contributed by atoms with E-state index in [0.29, 0.717) is 11.3 Å². The summed E-state index contributed by atoms with van der Waals surface area (Å²) in [5.41, 5.74) is 0.600. The van der Waals surface area contributed by atoms with Gasteiger partial charge >= 0.3 is 0 Å². The monoisotopic (exact) mass is 260 g/mol. The van der Waals surface area contributed by atoms with Crippen molar-refractivity contribution in [3.8, 4) is 0 Å². The Morgan fingerprint density at radius 3 is 2.47 bits per heavy atom. The van der Waals surface area contributed by atoms with Crippen molar-refractivity contribution >= 4 is 11.6 Å². The molecule has 3 rings (SSSR count). The van der Waals surface area contributed by atoms with E-state index in [4.69, 9.17) is 0 Å². The molecule has 104 valence electrons. The highest BCUT2D eigenvalue weighted by Crippen LogP contribution is 2.61. The second-order valence-electron chi connectivity index (χ2n) is 6.39. The van der Waals surface area contributed by atoms with Gasteiger partial charge in [-0.15, -0.1) is 0 Å². The molecular formula is C15H24N4. The van der Waals surface area contributed by atoms with E-state index >= 15 is 0 Å². The van der Waals surface area contributed by atoms with Gasteiger partial charge in [0.1, 0.15) is 17.5 Å². The first-order valence-corrected chi connectivity index (χ1v) is 7.43. The van der Waals surface area contributed by atoms with E-state index in [2.05, 4.69) is 34.4 Å². The standard InChI is InChI=1S/C15H24N4/c1-10(2)14-18-12(16-3)8-13(19-14)17-9-15(6-7-15)11-4-5-11/h8,10-11H,4-7,9H2,1-3H3,(H2,16,17,18,19). The minimum absolute atomic E-state index is 0.354. The fourth-order valence-corrected chi connectivity index (χ4v) is 2.79. The van der Waals surface area contributed by atoms with Gasteiger partial charge in [0.15, 0.2) is 0 Å². The number of aromatic nitrogens is 2. The highest BCUT2D eigenvalue weighted by Gasteiger charge is 2.53. The van der Waals surface area contributed by atoms with Gasteiger partial charge in [-0.1, -0.05) is 13.8 Å². The summed E-state index contributed by atoms with van der Waals surface area (Å²) >= 11 is 0. The fourth-order valence-electron chi connectivity index (χ4n) is 2.79. The summed E-state index contributed by atoms with van der Waals surface area (Å²) in [6.45, 7) is 5.34. The van der Waals surface area contributed by atoms with Crippen LogP contribution in [0.2, 0.25) is 0 Å². The average Bonchev–Trinajstić information content (AvgIpc) is 3.28. The Hall–Kier alpha value is -1.32. The van der Waals surface area contributed by atoms with E-state index < -0.39 is 0 Å². The van der Waals surface area contributed by atoms with Gasteiger partial charge in [0, 0.05) is 25.6 Å². The van der Waals surface area contributed by atoms with Crippen LogP contribution in [0.4, 0.5) is 11.6 Å². The fraction of sp³-hybridized carbons (Fsp3) is 0.733. The maximum Gasteiger partial charge on any atom is 0.135 e. The smallest absolute Gasteiger partial charge is 0.135 e. The lowest BCUT2D eigenvalue weighted by Gasteiger charge is -2.17. The lowest BCUT2D eigenvalue weighted by atomic mass is 10.0. The maximum absolute atomic E-state index is 4.63. The lowest BCUT2D eigenvalue weighted by molar-refractivity contribution is 0.466. The van der Waals surface area contributed by atoms with Crippen LogP contribution in [0.3, 0.4) is 0 Å². The first-order valence-electron chi connectivity index (χ1n) is 7.43. The van der Waals surface area contributed by atoms with Gasteiger partial charge in [0.05, 0.1) is 0 Å². The van der Waals surface area contributed by atoms with Gasteiger partial charge in [-0.2, -0.15) is 0 Å². The van der Waals surface area contributed by atoms with E-state index in [1.807, 2.05) is 13.1 Å². The van der Waals surface area contributed by atoms with Crippen molar-refractivity contribution in [3.05, 3.63) is 11.9 Å². The van der Waals surface area contributed by atoms with E-state index in [1.165, 1.54) is 25.7 Å². The Kier molecular flexibility index (Phi) is 3.11. The molecule has 0 unspecified atom stereocenters. The lowest BCUT2D eigenvalue weighted by Crippen LogP contribution is -2.18. The van der Waals surface area contributed by atoms with Gasteiger partial charge in [-0.25, -0.2) is 9.97 Å². The summed E-state index contributed by atoms with van der Waals surface area (Å²) < 4.78 is 0. The van der Waals surface area contributed by atoms with Gasteiger partial charge in [0.2, 0.25) is 0 Å². The minimum atomic E-state index is 0.354. The Bertz CT molecular complexity index is 461. The van der Waals surface area contributed by atoms with Crippen LogP contribution in [0.15, 0.2) is 6.07 Å². The van der Waals surface area contributed by atoms with Crippen molar-refractivity contribution in [1.82, 2.24) is 9.97 Å². The Morgan fingerprint density at radius 1 is 1.26 bits per heavy atom. The second-order valence-corrected chi connectivity index (χ2v) is 6.39. The molecule has 2 aliphatic carbocycles. The predicted octanol–water partition coefficient (Wildman–Crippen LogP) is 3.24. The Labute approximate surface area is 115 Å². The first-order chi connectivity index (χ1) is 9.13. The molecule has 1 heterocycles. The molecule has 2 saturated carbocycles. The summed E-state index contributed by atoms with van der Waals surface area (Å²) in [5, 5.41) is 6.67. The van der Waals surface area contributed by atoms with Crippen molar-refractivity contribution in [2.75, 3.05) is 24.2 Å². The summed E-state index contributed by atoms with van der Waals surface area (Å²) in [4.78, 5) is 9.13. The second kappa shape index (κ2) is 4.66. The number of nitrogens with one attached hydrogen (secondary N) is 2. The van der Waals surface area contributed by atoms with Crippen LogP contribution in [0, 0.1) is 11.3 Å². The molecule has 0 bridgehead atoms. The van der Waals surface area contributed by atoms with Crippen LogP contribution in [0.25, 0.3) is 0 Å². The van der Waals surface area contributed by atoms with Crippen LogP contribution in [0.1, 0.15) is 51.3 Å². The first kappa shape index (κ1) is 12.7. The molecule has 0 saturated heterocycles. The van der Waals surface area contributed by atoms with Crippen molar-refractivity contribution in [1.29, 1.82) is 0 Å². The van der Waals surface area contributed by atoms with Crippen LogP contribution in [-0.2, 0) is 0 Å².